The van der Waals surface area contributed by atoms with Gasteiger partial charge in [0.2, 0.25) is 5.91 Å². The average Bonchev–Trinajstić information content (AvgIpc) is 3.01. The van der Waals surface area contributed by atoms with Crippen LogP contribution in [0.2, 0.25) is 0 Å². The summed E-state index contributed by atoms with van der Waals surface area (Å²) in [6.07, 6.45) is 0. The standard InChI is InChI=1S/C17H24ClNO4/c1-4-21-15-7-5-14(6-8-15)12-19(16(20)11-18)13(2)17(3)22-9-10-23-17/h5-8,13H,4,9-12H2,1-3H3. The molecule has 1 aliphatic heterocycles. The van der Waals surface area contributed by atoms with Crippen molar-refractivity contribution >= 4 is 17.5 Å². The molecule has 5 nitrogen and oxygen atoms in total. The number of carbonyl (C=O) groups excluding carboxylic acids is 1. The first-order valence-electron chi connectivity index (χ1n) is 7.85. The fraction of sp³-hybridized carbons (Fsp3) is 0.588. The molecular weight excluding hydrogens is 318 g/mol. The van der Waals surface area contributed by atoms with Gasteiger partial charge in [-0.1, -0.05) is 12.1 Å². The number of halogens is 1. The summed E-state index contributed by atoms with van der Waals surface area (Å²) in [4.78, 5) is 14.0. The lowest BCUT2D eigenvalue weighted by Gasteiger charge is -2.38. The van der Waals surface area contributed by atoms with Crippen LogP contribution in [0, 0.1) is 0 Å². The van der Waals surface area contributed by atoms with Gasteiger partial charge < -0.3 is 19.1 Å². The Labute approximate surface area is 142 Å². The van der Waals surface area contributed by atoms with Gasteiger partial charge in [-0.15, -0.1) is 11.6 Å². The fourth-order valence-corrected chi connectivity index (χ4v) is 2.78. The summed E-state index contributed by atoms with van der Waals surface area (Å²) >= 11 is 5.78. The quantitative estimate of drug-likeness (QED) is 0.715. The summed E-state index contributed by atoms with van der Waals surface area (Å²) in [6, 6.07) is 7.45. The summed E-state index contributed by atoms with van der Waals surface area (Å²) in [6.45, 7) is 7.86. The third-order valence-electron chi connectivity index (χ3n) is 4.11. The minimum atomic E-state index is -0.799. The summed E-state index contributed by atoms with van der Waals surface area (Å²) in [5.41, 5.74) is 1.00. The third kappa shape index (κ3) is 4.37. The van der Waals surface area contributed by atoms with Crippen molar-refractivity contribution in [3.05, 3.63) is 29.8 Å². The van der Waals surface area contributed by atoms with Crippen LogP contribution in [0.5, 0.6) is 5.75 Å². The number of alkyl halides is 1. The van der Waals surface area contributed by atoms with Crippen LogP contribution >= 0.6 is 11.6 Å². The molecule has 1 aromatic rings. The van der Waals surface area contributed by atoms with Crippen molar-refractivity contribution in [2.24, 2.45) is 0 Å². The van der Waals surface area contributed by atoms with E-state index in [9.17, 15) is 4.79 Å². The van der Waals surface area contributed by atoms with Gasteiger partial charge in [-0.2, -0.15) is 0 Å². The van der Waals surface area contributed by atoms with Gasteiger partial charge >= 0.3 is 0 Å². The number of ether oxygens (including phenoxy) is 3. The second kappa shape index (κ2) is 7.99. The molecule has 1 aromatic carbocycles. The van der Waals surface area contributed by atoms with Crippen molar-refractivity contribution in [3.63, 3.8) is 0 Å². The Morgan fingerprint density at radius 3 is 2.48 bits per heavy atom. The SMILES string of the molecule is CCOc1ccc(CN(C(=O)CCl)C(C)C2(C)OCCO2)cc1. The molecule has 1 aliphatic rings. The summed E-state index contributed by atoms with van der Waals surface area (Å²) in [5.74, 6) is -0.202. The molecule has 128 valence electrons. The first kappa shape index (κ1) is 18.0. The molecule has 1 saturated heterocycles. The van der Waals surface area contributed by atoms with E-state index in [4.69, 9.17) is 25.8 Å². The van der Waals surface area contributed by atoms with E-state index in [1.54, 1.807) is 4.90 Å². The van der Waals surface area contributed by atoms with Crippen molar-refractivity contribution in [2.45, 2.75) is 39.1 Å². The predicted octanol–water partition coefficient (Wildman–Crippen LogP) is 2.80. The second-order valence-electron chi connectivity index (χ2n) is 5.62. The predicted molar refractivity (Wildman–Crippen MR) is 88.7 cm³/mol. The molecule has 6 heteroatoms. The highest BCUT2D eigenvalue weighted by atomic mass is 35.5. The minimum Gasteiger partial charge on any atom is -0.494 e. The Hall–Kier alpha value is -1.30. The van der Waals surface area contributed by atoms with Crippen LogP contribution in [0.3, 0.4) is 0 Å². The molecule has 1 unspecified atom stereocenters. The van der Waals surface area contributed by atoms with Crippen molar-refractivity contribution in [3.8, 4) is 5.75 Å². The van der Waals surface area contributed by atoms with E-state index in [0.717, 1.165) is 11.3 Å². The smallest absolute Gasteiger partial charge is 0.238 e. The van der Waals surface area contributed by atoms with E-state index >= 15 is 0 Å². The van der Waals surface area contributed by atoms with E-state index in [0.29, 0.717) is 26.4 Å². The zero-order valence-electron chi connectivity index (χ0n) is 13.9. The van der Waals surface area contributed by atoms with Crippen molar-refractivity contribution < 1.29 is 19.0 Å². The monoisotopic (exact) mass is 341 g/mol. The van der Waals surface area contributed by atoms with Crippen LogP contribution in [-0.2, 0) is 20.8 Å². The number of rotatable bonds is 7. The van der Waals surface area contributed by atoms with Gasteiger partial charge in [-0.3, -0.25) is 4.79 Å². The van der Waals surface area contributed by atoms with Gasteiger partial charge in [0.05, 0.1) is 25.9 Å². The lowest BCUT2D eigenvalue weighted by Crippen LogP contribution is -2.52. The van der Waals surface area contributed by atoms with Crippen LogP contribution in [0.25, 0.3) is 0 Å². The molecule has 0 spiro atoms. The molecule has 1 amide bonds. The molecule has 2 rings (SSSR count). The Morgan fingerprint density at radius 1 is 1.35 bits per heavy atom. The molecule has 0 radical (unpaired) electrons. The molecule has 0 saturated carbocycles. The van der Waals surface area contributed by atoms with E-state index in [1.165, 1.54) is 0 Å². The number of carbonyl (C=O) groups is 1. The van der Waals surface area contributed by atoms with Gasteiger partial charge in [-0.05, 0) is 38.5 Å². The number of benzene rings is 1. The van der Waals surface area contributed by atoms with Gasteiger partial charge in [0.25, 0.3) is 0 Å². The third-order valence-corrected chi connectivity index (χ3v) is 4.34. The van der Waals surface area contributed by atoms with Crippen molar-refractivity contribution in [1.82, 2.24) is 4.90 Å². The Balaban J connectivity index is 2.13. The Bertz CT molecular complexity index is 514. The van der Waals surface area contributed by atoms with Crippen LogP contribution < -0.4 is 4.74 Å². The van der Waals surface area contributed by atoms with Crippen molar-refractivity contribution in [2.75, 3.05) is 25.7 Å². The van der Waals surface area contributed by atoms with E-state index in [-0.39, 0.29) is 17.8 Å². The Morgan fingerprint density at radius 2 is 1.96 bits per heavy atom. The number of hydrogen-bond donors (Lipinski definition) is 0. The maximum Gasteiger partial charge on any atom is 0.238 e. The summed E-state index contributed by atoms with van der Waals surface area (Å²) in [7, 11) is 0. The topological polar surface area (TPSA) is 48.0 Å². The second-order valence-corrected chi connectivity index (χ2v) is 5.89. The molecule has 1 heterocycles. The van der Waals surface area contributed by atoms with Crippen LogP contribution in [0.4, 0.5) is 0 Å². The van der Waals surface area contributed by atoms with E-state index in [2.05, 4.69) is 0 Å². The highest BCUT2D eigenvalue weighted by Gasteiger charge is 2.41. The summed E-state index contributed by atoms with van der Waals surface area (Å²) < 4.78 is 16.8. The number of hydrogen-bond acceptors (Lipinski definition) is 4. The maximum atomic E-state index is 12.3. The normalized spacial score (nSPS) is 17.7. The molecule has 1 atom stereocenters. The summed E-state index contributed by atoms with van der Waals surface area (Å²) in [5, 5.41) is 0. The van der Waals surface area contributed by atoms with Gasteiger partial charge in [0.1, 0.15) is 11.6 Å². The Kier molecular flexibility index (Phi) is 6.27. The van der Waals surface area contributed by atoms with Crippen LogP contribution in [0.1, 0.15) is 26.3 Å². The van der Waals surface area contributed by atoms with Gasteiger partial charge in [0.15, 0.2) is 5.79 Å². The first-order valence-corrected chi connectivity index (χ1v) is 8.38. The molecule has 0 N–H and O–H groups in total. The fourth-order valence-electron chi connectivity index (χ4n) is 2.63. The first-order chi connectivity index (χ1) is 11.0. The molecular formula is C17H24ClNO4. The van der Waals surface area contributed by atoms with Crippen molar-refractivity contribution in [1.29, 1.82) is 0 Å². The largest absolute Gasteiger partial charge is 0.494 e. The van der Waals surface area contributed by atoms with Crippen LogP contribution in [-0.4, -0.2) is 48.3 Å². The number of amides is 1. The molecule has 23 heavy (non-hydrogen) atoms. The molecule has 1 fully saturated rings. The number of nitrogens with zero attached hydrogens (tertiary/aromatic N) is 1. The highest BCUT2D eigenvalue weighted by molar-refractivity contribution is 6.27. The highest BCUT2D eigenvalue weighted by Crippen LogP contribution is 2.28. The average molecular weight is 342 g/mol. The van der Waals surface area contributed by atoms with Gasteiger partial charge in [0, 0.05) is 6.54 Å². The van der Waals surface area contributed by atoms with E-state index < -0.39 is 5.79 Å². The molecule has 0 aromatic heterocycles. The van der Waals surface area contributed by atoms with Gasteiger partial charge in [-0.25, -0.2) is 0 Å². The lowest BCUT2D eigenvalue weighted by molar-refractivity contribution is -0.190. The van der Waals surface area contributed by atoms with Crippen LogP contribution in [0.15, 0.2) is 24.3 Å². The zero-order chi connectivity index (χ0) is 16.9. The molecule has 0 bridgehead atoms. The minimum absolute atomic E-state index is 0.0720. The molecule has 0 aliphatic carbocycles. The lowest BCUT2D eigenvalue weighted by atomic mass is 10.1. The zero-order valence-corrected chi connectivity index (χ0v) is 14.6. The maximum absolute atomic E-state index is 12.3. The van der Waals surface area contributed by atoms with E-state index in [1.807, 2.05) is 45.0 Å².